The van der Waals surface area contributed by atoms with Crippen molar-refractivity contribution >= 4 is 0 Å². The van der Waals surface area contributed by atoms with Gasteiger partial charge >= 0.3 is 0 Å². The highest BCUT2D eigenvalue weighted by molar-refractivity contribution is 5.37. The molecule has 2 aromatic rings. The molecule has 104 valence electrons. The molecule has 0 saturated heterocycles. The van der Waals surface area contributed by atoms with Gasteiger partial charge in [-0.2, -0.15) is 0 Å². The van der Waals surface area contributed by atoms with Gasteiger partial charge in [0.05, 0.1) is 0 Å². The van der Waals surface area contributed by atoms with E-state index >= 15 is 0 Å². The first-order valence-corrected chi connectivity index (χ1v) is 7.23. The Morgan fingerprint density at radius 2 is 2.05 bits per heavy atom. The Morgan fingerprint density at radius 3 is 2.85 bits per heavy atom. The second-order valence-electron chi connectivity index (χ2n) is 5.78. The smallest absolute Gasteiger partial charge is 0.123 e. The summed E-state index contributed by atoms with van der Waals surface area (Å²) in [5, 5.41) is 0. The van der Waals surface area contributed by atoms with Crippen molar-refractivity contribution in [2.24, 2.45) is 5.73 Å². The van der Waals surface area contributed by atoms with E-state index in [1.807, 2.05) is 13.0 Å². The molecule has 2 N–H and O–H groups in total. The fourth-order valence-electron chi connectivity index (χ4n) is 3.32. The van der Waals surface area contributed by atoms with E-state index in [9.17, 15) is 4.39 Å². The summed E-state index contributed by atoms with van der Waals surface area (Å²) in [4.78, 5) is 0. The van der Waals surface area contributed by atoms with Crippen LogP contribution in [0.25, 0.3) is 0 Å². The summed E-state index contributed by atoms with van der Waals surface area (Å²) in [6, 6.07) is 13.7. The molecule has 0 fully saturated rings. The van der Waals surface area contributed by atoms with E-state index in [0.717, 1.165) is 30.4 Å². The summed E-state index contributed by atoms with van der Waals surface area (Å²) in [6.07, 6.45) is 3.06. The Hall–Kier alpha value is -1.67. The van der Waals surface area contributed by atoms with Gasteiger partial charge in [-0.25, -0.2) is 4.39 Å². The van der Waals surface area contributed by atoms with Gasteiger partial charge in [0.15, 0.2) is 0 Å². The highest BCUT2D eigenvalue weighted by atomic mass is 19.1. The second-order valence-corrected chi connectivity index (χ2v) is 5.78. The van der Waals surface area contributed by atoms with E-state index in [2.05, 4.69) is 24.3 Å². The van der Waals surface area contributed by atoms with Gasteiger partial charge in [-0.3, -0.25) is 0 Å². The van der Waals surface area contributed by atoms with Crippen LogP contribution in [0.5, 0.6) is 0 Å². The Morgan fingerprint density at radius 1 is 1.25 bits per heavy atom. The Kier molecular flexibility index (Phi) is 3.58. The average molecular weight is 269 g/mol. The van der Waals surface area contributed by atoms with Crippen LogP contribution in [0.4, 0.5) is 4.39 Å². The van der Waals surface area contributed by atoms with Gasteiger partial charge in [0.2, 0.25) is 0 Å². The lowest BCUT2D eigenvalue weighted by Gasteiger charge is -2.21. The highest BCUT2D eigenvalue weighted by Gasteiger charge is 2.27. The number of nitrogens with two attached hydrogens (primary N) is 1. The van der Waals surface area contributed by atoms with E-state index in [-0.39, 0.29) is 11.9 Å². The Bertz CT molecular complexity index is 621. The number of halogens is 1. The molecule has 0 amide bonds. The maximum Gasteiger partial charge on any atom is 0.123 e. The summed E-state index contributed by atoms with van der Waals surface area (Å²) >= 11 is 0. The van der Waals surface area contributed by atoms with Crippen molar-refractivity contribution in [2.45, 2.75) is 38.1 Å². The van der Waals surface area contributed by atoms with Crippen molar-refractivity contribution in [3.05, 3.63) is 70.5 Å². The van der Waals surface area contributed by atoms with Gasteiger partial charge in [-0.05, 0) is 66.5 Å². The summed E-state index contributed by atoms with van der Waals surface area (Å²) < 4.78 is 13.2. The molecule has 0 aromatic heterocycles. The molecule has 1 nitrogen and oxygen atoms in total. The average Bonchev–Trinajstić information content (AvgIpc) is 2.86. The first-order chi connectivity index (χ1) is 9.65. The molecule has 0 radical (unpaired) electrons. The quantitative estimate of drug-likeness (QED) is 0.902. The molecule has 2 aromatic carbocycles. The van der Waals surface area contributed by atoms with E-state index in [1.165, 1.54) is 17.2 Å². The van der Waals surface area contributed by atoms with Gasteiger partial charge in [-0.1, -0.05) is 30.3 Å². The SMILES string of the molecule is Cc1cc(F)ccc1CC(N)C1CCc2ccccc21. The lowest BCUT2D eigenvalue weighted by Crippen LogP contribution is -2.29. The van der Waals surface area contributed by atoms with E-state index in [1.54, 1.807) is 6.07 Å². The summed E-state index contributed by atoms with van der Waals surface area (Å²) in [6.45, 7) is 1.95. The Balaban J connectivity index is 1.79. The molecule has 0 spiro atoms. The zero-order chi connectivity index (χ0) is 14.1. The number of rotatable bonds is 3. The van der Waals surface area contributed by atoms with Crippen molar-refractivity contribution < 1.29 is 4.39 Å². The largest absolute Gasteiger partial charge is 0.327 e. The predicted molar refractivity (Wildman–Crippen MR) is 80.3 cm³/mol. The third-order valence-corrected chi connectivity index (χ3v) is 4.46. The van der Waals surface area contributed by atoms with Gasteiger partial charge in [0.1, 0.15) is 5.82 Å². The minimum atomic E-state index is -0.175. The van der Waals surface area contributed by atoms with Gasteiger partial charge < -0.3 is 5.73 Å². The predicted octanol–water partition coefficient (Wildman–Crippen LogP) is 3.73. The first kappa shape index (κ1) is 13.3. The van der Waals surface area contributed by atoms with Crippen LogP contribution >= 0.6 is 0 Å². The van der Waals surface area contributed by atoms with E-state index in [0.29, 0.717) is 5.92 Å². The molecule has 0 saturated carbocycles. The van der Waals surface area contributed by atoms with Crippen molar-refractivity contribution in [2.75, 3.05) is 0 Å². The van der Waals surface area contributed by atoms with Crippen LogP contribution in [0.2, 0.25) is 0 Å². The van der Waals surface area contributed by atoms with E-state index < -0.39 is 0 Å². The molecule has 1 aliphatic rings. The topological polar surface area (TPSA) is 26.0 Å². The summed E-state index contributed by atoms with van der Waals surface area (Å²) in [5.74, 6) is 0.252. The normalized spacial score (nSPS) is 18.9. The van der Waals surface area contributed by atoms with Crippen LogP contribution in [-0.2, 0) is 12.8 Å². The number of aryl methyl sites for hydroxylation is 2. The van der Waals surface area contributed by atoms with Crippen molar-refractivity contribution in [1.29, 1.82) is 0 Å². The lowest BCUT2D eigenvalue weighted by molar-refractivity contribution is 0.523. The number of hydrogen-bond acceptors (Lipinski definition) is 1. The summed E-state index contributed by atoms with van der Waals surface area (Å²) in [5.41, 5.74) is 11.4. The molecule has 3 rings (SSSR count). The minimum Gasteiger partial charge on any atom is -0.327 e. The van der Waals surface area contributed by atoms with E-state index in [4.69, 9.17) is 5.73 Å². The summed E-state index contributed by atoms with van der Waals surface area (Å²) in [7, 11) is 0. The maximum absolute atomic E-state index is 13.2. The van der Waals surface area contributed by atoms with Crippen molar-refractivity contribution in [3.63, 3.8) is 0 Å². The monoisotopic (exact) mass is 269 g/mol. The molecular weight excluding hydrogens is 249 g/mol. The number of fused-ring (bicyclic) bond motifs is 1. The molecule has 1 aliphatic carbocycles. The molecule has 2 heteroatoms. The molecule has 0 bridgehead atoms. The number of benzene rings is 2. The molecule has 0 heterocycles. The fourth-order valence-corrected chi connectivity index (χ4v) is 3.32. The Labute approximate surface area is 119 Å². The van der Waals surface area contributed by atoms with Crippen LogP contribution in [0.15, 0.2) is 42.5 Å². The van der Waals surface area contributed by atoms with Crippen LogP contribution in [0, 0.1) is 12.7 Å². The fraction of sp³-hybridized carbons (Fsp3) is 0.333. The highest BCUT2D eigenvalue weighted by Crippen LogP contribution is 2.35. The zero-order valence-electron chi connectivity index (χ0n) is 11.8. The van der Waals surface area contributed by atoms with Gasteiger partial charge in [0, 0.05) is 6.04 Å². The molecular formula is C18H20FN. The third-order valence-electron chi connectivity index (χ3n) is 4.46. The second kappa shape index (κ2) is 5.37. The first-order valence-electron chi connectivity index (χ1n) is 7.23. The van der Waals surface area contributed by atoms with Crippen molar-refractivity contribution in [3.8, 4) is 0 Å². The number of hydrogen-bond donors (Lipinski definition) is 1. The van der Waals surface area contributed by atoms with Crippen molar-refractivity contribution in [1.82, 2.24) is 0 Å². The van der Waals surface area contributed by atoms with Gasteiger partial charge in [-0.15, -0.1) is 0 Å². The van der Waals surface area contributed by atoms with Crippen LogP contribution in [0.1, 0.15) is 34.6 Å². The standard InChI is InChI=1S/C18H20FN/c1-12-10-15(19)8-6-14(12)11-18(20)17-9-7-13-4-2-3-5-16(13)17/h2-6,8,10,17-18H,7,9,11,20H2,1H3. The third kappa shape index (κ3) is 2.48. The minimum absolute atomic E-state index is 0.0998. The van der Waals surface area contributed by atoms with Crippen LogP contribution < -0.4 is 5.73 Å². The molecule has 2 atom stereocenters. The molecule has 20 heavy (non-hydrogen) atoms. The van der Waals surface area contributed by atoms with Crippen LogP contribution in [-0.4, -0.2) is 6.04 Å². The van der Waals surface area contributed by atoms with Crippen LogP contribution in [0.3, 0.4) is 0 Å². The van der Waals surface area contributed by atoms with Gasteiger partial charge in [0.25, 0.3) is 0 Å². The molecule has 0 aliphatic heterocycles. The maximum atomic E-state index is 13.2. The molecule has 2 unspecified atom stereocenters. The zero-order valence-corrected chi connectivity index (χ0v) is 11.8. The lowest BCUT2D eigenvalue weighted by atomic mass is 9.88.